The Balaban J connectivity index is 3.17. The molecule has 1 unspecified atom stereocenters. The van der Waals surface area contributed by atoms with E-state index in [1.165, 1.54) is 6.92 Å². The largest absolute Gasteiger partial charge is 0.479 e. The molecular weight excluding hydrogens is 210 g/mol. The first-order valence-electron chi connectivity index (χ1n) is 5.24. The molecule has 2 N–H and O–H groups in total. The number of rotatable bonds is 2. The first kappa shape index (κ1) is 12.5. The minimum absolute atomic E-state index is 0.206. The van der Waals surface area contributed by atoms with Gasteiger partial charge in [0.05, 0.1) is 6.04 Å². The third kappa shape index (κ3) is 1.66. The number of likely N-dealkylation sites (tertiary alicyclic amines) is 1. The lowest BCUT2D eigenvalue weighted by Crippen LogP contribution is -2.55. The van der Waals surface area contributed by atoms with Crippen molar-refractivity contribution in [2.45, 2.75) is 38.8 Å². The summed E-state index contributed by atoms with van der Waals surface area (Å²) in [5.74, 6) is -1.29. The van der Waals surface area contributed by atoms with Crippen molar-refractivity contribution in [1.82, 2.24) is 4.90 Å². The van der Waals surface area contributed by atoms with Crippen LogP contribution in [0.1, 0.15) is 27.2 Å². The summed E-state index contributed by atoms with van der Waals surface area (Å²) in [6.45, 7) is 5.03. The minimum atomic E-state index is -1.34. The monoisotopic (exact) mass is 227 g/mol. The smallest absolute Gasteiger partial charge is 0.408 e. The molecular formula is C11H17NO4. The van der Waals surface area contributed by atoms with Gasteiger partial charge in [0.15, 0.2) is 0 Å². The molecule has 0 saturated carbocycles. The van der Waals surface area contributed by atoms with Crippen molar-refractivity contribution in [3.05, 3.63) is 12.2 Å². The topological polar surface area (TPSA) is 77.8 Å². The van der Waals surface area contributed by atoms with Crippen LogP contribution in [0.3, 0.4) is 0 Å². The maximum atomic E-state index is 11.3. The molecule has 0 aromatic heterocycles. The van der Waals surface area contributed by atoms with Crippen LogP contribution < -0.4 is 0 Å². The van der Waals surface area contributed by atoms with E-state index in [1.54, 1.807) is 26.0 Å². The van der Waals surface area contributed by atoms with Gasteiger partial charge < -0.3 is 10.2 Å². The van der Waals surface area contributed by atoms with Gasteiger partial charge in [-0.15, -0.1) is 0 Å². The maximum Gasteiger partial charge on any atom is 0.408 e. The fourth-order valence-electron chi connectivity index (χ4n) is 2.32. The van der Waals surface area contributed by atoms with Gasteiger partial charge in [0.1, 0.15) is 5.54 Å². The zero-order valence-electron chi connectivity index (χ0n) is 9.67. The van der Waals surface area contributed by atoms with Gasteiger partial charge in [-0.1, -0.05) is 19.1 Å². The number of nitrogens with zero attached hydrogens (tertiary/aromatic N) is 1. The van der Waals surface area contributed by atoms with Crippen LogP contribution in [0, 0.1) is 5.92 Å². The Labute approximate surface area is 94.4 Å². The number of aliphatic carboxylic acids is 1. The second-order valence-corrected chi connectivity index (χ2v) is 4.34. The van der Waals surface area contributed by atoms with Gasteiger partial charge >= 0.3 is 12.1 Å². The molecule has 0 aromatic carbocycles. The lowest BCUT2D eigenvalue weighted by atomic mass is 9.88. The second kappa shape index (κ2) is 4.15. The molecule has 0 radical (unpaired) electrons. The Kier molecular flexibility index (Phi) is 3.26. The van der Waals surface area contributed by atoms with Gasteiger partial charge in [-0.2, -0.15) is 0 Å². The zero-order valence-corrected chi connectivity index (χ0v) is 9.67. The maximum absolute atomic E-state index is 11.3. The Bertz CT molecular complexity index is 339. The molecule has 16 heavy (non-hydrogen) atoms. The highest BCUT2D eigenvalue weighted by Gasteiger charge is 2.55. The van der Waals surface area contributed by atoms with E-state index in [9.17, 15) is 14.7 Å². The van der Waals surface area contributed by atoms with Crippen LogP contribution >= 0.6 is 0 Å². The first-order valence-corrected chi connectivity index (χ1v) is 5.24. The molecule has 3 atom stereocenters. The molecule has 1 aliphatic heterocycles. The van der Waals surface area contributed by atoms with E-state index in [4.69, 9.17) is 5.11 Å². The van der Waals surface area contributed by atoms with Crippen LogP contribution in [0.25, 0.3) is 0 Å². The molecule has 1 amide bonds. The molecule has 1 heterocycles. The molecule has 5 nitrogen and oxygen atoms in total. The standard InChI is InChI=1S/C11H17NO4/c1-4-5-8-6-7(2)11(3,9(13)14)12(8)10(15)16/h4-5,7-8H,6H2,1-3H3,(H,13,14)(H,15,16)/t7?,8-,11-/m0/s1. The normalized spacial score (nSPS) is 34.6. The van der Waals surface area contributed by atoms with Crippen molar-refractivity contribution in [1.29, 1.82) is 0 Å². The first-order chi connectivity index (χ1) is 7.35. The summed E-state index contributed by atoms with van der Waals surface area (Å²) >= 11 is 0. The minimum Gasteiger partial charge on any atom is -0.479 e. The molecule has 1 saturated heterocycles. The lowest BCUT2D eigenvalue weighted by molar-refractivity contribution is -0.149. The zero-order chi connectivity index (χ0) is 12.5. The quantitative estimate of drug-likeness (QED) is 0.705. The Hall–Kier alpha value is -1.52. The predicted molar refractivity (Wildman–Crippen MR) is 58.3 cm³/mol. The molecule has 5 heteroatoms. The van der Waals surface area contributed by atoms with Gasteiger partial charge in [-0.25, -0.2) is 9.59 Å². The molecule has 0 aromatic rings. The summed E-state index contributed by atoms with van der Waals surface area (Å²) in [4.78, 5) is 23.5. The molecule has 1 aliphatic rings. The average molecular weight is 227 g/mol. The number of carbonyl (C=O) groups is 2. The van der Waals surface area contributed by atoms with Gasteiger partial charge in [0.25, 0.3) is 0 Å². The molecule has 0 bridgehead atoms. The van der Waals surface area contributed by atoms with Crippen molar-refractivity contribution in [2.24, 2.45) is 5.92 Å². The van der Waals surface area contributed by atoms with Crippen LogP contribution in [-0.2, 0) is 4.79 Å². The third-order valence-corrected chi connectivity index (χ3v) is 3.44. The summed E-state index contributed by atoms with van der Waals surface area (Å²) in [5, 5.41) is 18.4. The molecule has 0 aliphatic carbocycles. The predicted octanol–water partition coefficient (Wildman–Crippen LogP) is 1.79. The summed E-state index contributed by atoms with van der Waals surface area (Å²) in [6, 6.07) is -0.349. The SMILES string of the molecule is CC=C[C@H]1CC(C)[C@@](C)(C(=O)O)N1C(=O)O. The number of carboxylic acid groups (broad SMARTS) is 2. The Morgan fingerprint density at radius 1 is 1.44 bits per heavy atom. The van der Waals surface area contributed by atoms with Gasteiger partial charge in [0, 0.05) is 0 Å². The van der Waals surface area contributed by atoms with Crippen LogP contribution in [0.4, 0.5) is 4.79 Å². The molecule has 1 rings (SSSR count). The van der Waals surface area contributed by atoms with Crippen molar-refractivity contribution < 1.29 is 19.8 Å². The van der Waals surface area contributed by atoms with E-state index in [-0.39, 0.29) is 12.0 Å². The van der Waals surface area contributed by atoms with E-state index >= 15 is 0 Å². The van der Waals surface area contributed by atoms with Crippen LogP contribution in [0.15, 0.2) is 12.2 Å². The summed E-state index contributed by atoms with van der Waals surface area (Å²) < 4.78 is 0. The van der Waals surface area contributed by atoms with Gasteiger partial charge in [-0.05, 0) is 26.2 Å². The van der Waals surface area contributed by atoms with E-state index in [0.29, 0.717) is 6.42 Å². The van der Waals surface area contributed by atoms with E-state index in [1.807, 2.05) is 0 Å². The lowest BCUT2D eigenvalue weighted by Gasteiger charge is -2.33. The van der Waals surface area contributed by atoms with E-state index in [2.05, 4.69) is 0 Å². The molecule has 90 valence electrons. The number of hydrogen-bond donors (Lipinski definition) is 2. The molecule has 0 spiro atoms. The van der Waals surface area contributed by atoms with Crippen molar-refractivity contribution >= 4 is 12.1 Å². The fraction of sp³-hybridized carbons (Fsp3) is 0.636. The Morgan fingerprint density at radius 3 is 2.38 bits per heavy atom. The van der Waals surface area contributed by atoms with E-state index < -0.39 is 17.6 Å². The highest BCUT2D eigenvalue weighted by molar-refractivity contribution is 5.85. The second-order valence-electron chi connectivity index (χ2n) is 4.34. The number of allylic oxidation sites excluding steroid dienone is 1. The fourth-order valence-corrected chi connectivity index (χ4v) is 2.32. The Morgan fingerprint density at radius 2 is 2.00 bits per heavy atom. The molecule has 1 fully saturated rings. The highest BCUT2D eigenvalue weighted by atomic mass is 16.4. The highest BCUT2D eigenvalue weighted by Crippen LogP contribution is 2.39. The summed E-state index contributed by atoms with van der Waals surface area (Å²) in [5.41, 5.74) is -1.34. The van der Waals surface area contributed by atoms with Gasteiger partial charge in [0.2, 0.25) is 0 Å². The van der Waals surface area contributed by atoms with Crippen LogP contribution in [-0.4, -0.2) is 38.8 Å². The number of amides is 1. The van der Waals surface area contributed by atoms with Crippen LogP contribution in [0.2, 0.25) is 0 Å². The summed E-state index contributed by atoms with van der Waals surface area (Å²) in [6.07, 6.45) is 2.84. The number of hydrogen-bond acceptors (Lipinski definition) is 2. The van der Waals surface area contributed by atoms with Crippen molar-refractivity contribution in [3.63, 3.8) is 0 Å². The van der Waals surface area contributed by atoms with E-state index in [0.717, 1.165) is 4.90 Å². The van der Waals surface area contributed by atoms with Crippen LogP contribution in [0.5, 0.6) is 0 Å². The average Bonchev–Trinajstić information content (AvgIpc) is 2.40. The summed E-state index contributed by atoms with van der Waals surface area (Å²) in [7, 11) is 0. The number of carboxylic acids is 1. The van der Waals surface area contributed by atoms with Crippen molar-refractivity contribution in [2.75, 3.05) is 0 Å². The van der Waals surface area contributed by atoms with Crippen molar-refractivity contribution in [3.8, 4) is 0 Å². The third-order valence-electron chi connectivity index (χ3n) is 3.44. The van der Waals surface area contributed by atoms with Gasteiger partial charge in [-0.3, -0.25) is 4.90 Å².